The monoisotopic (exact) mass is 233 g/mol. The highest BCUT2D eigenvalue weighted by molar-refractivity contribution is 5.17. The van der Waals surface area contributed by atoms with Crippen LogP contribution in [0.25, 0.3) is 0 Å². The minimum absolute atomic E-state index is 0.132. The summed E-state index contributed by atoms with van der Waals surface area (Å²) in [7, 11) is 1.89. The summed E-state index contributed by atoms with van der Waals surface area (Å²) in [5, 5.41) is 7.50. The molecule has 0 aliphatic carbocycles. The third-order valence-corrected chi connectivity index (χ3v) is 2.60. The second-order valence-electron chi connectivity index (χ2n) is 4.00. The first-order valence-electron chi connectivity index (χ1n) is 5.68. The summed E-state index contributed by atoms with van der Waals surface area (Å²) in [5.74, 6) is -0.132. The summed E-state index contributed by atoms with van der Waals surface area (Å²) in [5.41, 5.74) is 1.75. The van der Waals surface area contributed by atoms with Crippen molar-refractivity contribution in [2.24, 2.45) is 7.05 Å². The molecule has 4 heteroatoms. The summed E-state index contributed by atoms with van der Waals surface area (Å²) in [6.45, 7) is 1.47. The maximum Gasteiger partial charge on any atom is 0.126 e. The molecule has 90 valence electrons. The summed E-state index contributed by atoms with van der Waals surface area (Å²) in [4.78, 5) is 0. The Morgan fingerprint density at radius 3 is 2.82 bits per heavy atom. The highest BCUT2D eigenvalue weighted by atomic mass is 19.1. The molecule has 2 rings (SSSR count). The van der Waals surface area contributed by atoms with Gasteiger partial charge in [0.1, 0.15) is 5.82 Å². The van der Waals surface area contributed by atoms with Gasteiger partial charge in [0.15, 0.2) is 0 Å². The summed E-state index contributed by atoms with van der Waals surface area (Å²) >= 11 is 0. The smallest absolute Gasteiger partial charge is 0.126 e. The van der Waals surface area contributed by atoms with Gasteiger partial charge in [-0.3, -0.25) is 4.68 Å². The molecule has 0 atom stereocenters. The average molecular weight is 233 g/mol. The fourth-order valence-electron chi connectivity index (χ4n) is 1.70. The lowest BCUT2D eigenvalue weighted by atomic mass is 10.1. The van der Waals surface area contributed by atoms with Crippen LogP contribution in [0.5, 0.6) is 0 Å². The van der Waals surface area contributed by atoms with E-state index in [1.54, 1.807) is 10.7 Å². The quantitative estimate of drug-likeness (QED) is 0.799. The van der Waals surface area contributed by atoms with E-state index in [0.29, 0.717) is 6.42 Å². The van der Waals surface area contributed by atoms with Gasteiger partial charge in [-0.2, -0.15) is 5.10 Å². The molecule has 0 amide bonds. The van der Waals surface area contributed by atoms with Crippen molar-refractivity contribution in [2.45, 2.75) is 13.0 Å². The molecule has 0 aliphatic rings. The van der Waals surface area contributed by atoms with Gasteiger partial charge in [-0.25, -0.2) is 4.39 Å². The van der Waals surface area contributed by atoms with E-state index in [9.17, 15) is 4.39 Å². The highest BCUT2D eigenvalue weighted by Gasteiger charge is 2.00. The molecule has 1 heterocycles. The third kappa shape index (κ3) is 3.39. The molecule has 17 heavy (non-hydrogen) atoms. The van der Waals surface area contributed by atoms with Crippen LogP contribution in [0.1, 0.15) is 11.3 Å². The second-order valence-corrected chi connectivity index (χ2v) is 4.00. The van der Waals surface area contributed by atoms with Crippen LogP contribution in [0.15, 0.2) is 36.5 Å². The first-order chi connectivity index (χ1) is 8.25. The van der Waals surface area contributed by atoms with Crippen molar-refractivity contribution >= 4 is 0 Å². The average Bonchev–Trinajstić information content (AvgIpc) is 2.73. The summed E-state index contributed by atoms with van der Waals surface area (Å²) < 4.78 is 15.1. The van der Waals surface area contributed by atoms with E-state index in [4.69, 9.17) is 0 Å². The Balaban J connectivity index is 1.75. The molecule has 0 fully saturated rings. The van der Waals surface area contributed by atoms with E-state index >= 15 is 0 Å². The van der Waals surface area contributed by atoms with Gasteiger partial charge in [-0.1, -0.05) is 18.2 Å². The molecular formula is C13H16FN3. The molecule has 1 aromatic carbocycles. The molecule has 3 nitrogen and oxygen atoms in total. The minimum atomic E-state index is -0.132. The van der Waals surface area contributed by atoms with Gasteiger partial charge in [0.05, 0.1) is 5.69 Å². The van der Waals surface area contributed by atoms with E-state index in [2.05, 4.69) is 10.4 Å². The summed E-state index contributed by atoms with van der Waals surface area (Å²) in [6.07, 6.45) is 2.60. The number of benzene rings is 1. The number of aromatic nitrogens is 2. The molecule has 0 saturated heterocycles. The number of nitrogens with one attached hydrogen (secondary N) is 1. The van der Waals surface area contributed by atoms with Crippen LogP contribution in [0.4, 0.5) is 4.39 Å². The van der Waals surface area contributed by atoms with Crippen molar-refractivity contribution in [3.05, 3.63) is 53.6 Å². The Morgan fingerprint density at radius 2 is 2.12 bits per heavy atom. The van der Waals surface area contributed by atoms with Crippen molar-refractivity contribution in [3.63, 3.8) is 0 Å². The lowest BCUT2D eigenvalue weighted by Gasteiger charge is -2.04. The van der Waals surface area contributed by atoms with E-state index in [-0.39, 0.29) is 5.82 Å². The highest BCUT2D eigenvalue weighted by Crippen LogP contribution is 2.06. The zero-order valence-electron chi connectivity index (χ0n) is 9.86. The number of halogens is 1. The Bertz CT molecular complexity index is 479. The standard InChI is InChI=1S/C13H16FN3/c1-17-9-7-12(16-17)10-15-8-6-11-4-2-3-5-13(11)14/h2-5,7,9,15H,6,8,10H2,1H3. The van der Waals surface area contributed by atoms with Crippen LogP contribution < -0.4 is 5.32 Å². The SMILES string of the molecule is Cn1ccc(CNCCc2ccccc2F)n1. The van der Waals surface area contributed by atoms with Gasteiger partial charge in [0.25, 0.3) is 0 Å². The molecule has 2 aromatic rings. The molecule has 0 bridgehead atoms. The maximum absolute atomic E-state index is 13.3. The van der Waals surface area contributed by atoms with Crippen LogP contribution in [0, 0.1) is 5.82 Å². The molecule has 0 aliphatic heterocycles. The fraction of sp³-hybridized carbons (Fsp3) is 0.308. The molecule has 0 spiro atoms. The van der Waals surface area contributed by atoms with Crippen molar-refractivity contribution in [3.8, 4) is 0 Å². The van der Waals surface area contributed by atoms with Crippen LogP contribution in [0.2, 0.25) is 0 Å². The van der Waals surface area contributed by atoms with Gasteiger partial charge < -0.3 is 5.32 Å². The number of aryl methyl sites for hydroxylation is 1. The zero-order valence-corrected chi connectivity index (χ0v) is 9.86. The van der Waals surface area contributed by atoms with Crippen molar-refractivity contribution < 1.29 is 4.39 Å². The third-order valence-electron chi connectivity index (χ3n) is 2.60. The fourth-order valence-corrected chi connectivity index (χ4v) is 1.70. The lowest BCUT2D eigenvalue weighted by Crippen LogP contribution is -2.17. The largest absolute Gasteiger partial charge is 0.311 e. The number of nitrogens with zero attached hydrogens (tertiary/aromatic N) is 2. The lowest BCUT2D eigenvalue weighted by molar-refractivity contribution is 0.595. The van der Waals surface area contributed by atoms with Crippen LogP contribution >= 0.6 is 0 Å². The molecule has 0 saturated carbocycles. The van der Waals surface area contributed by atoms with Crippen molar-refractivity contribution in [1.29, 1.82) is 0 Å². The molecular weight excluding hydrogens is 217 g/mol. The predicted octanol–water partition coefficient (Wildman–Crippen LogP) is 1.89. The molecule has 0 radical (unpaired) electrons. The van der Waals surface area contributed by atoms with Crippen LogP contribution in [-0.4, -0.2) is 16.3 Å². The second kappa shape index (κ2) is 5.59. The van der Waals surface area contributed by atoms with Crippen LogP contribution in [0.3, 0.4) is 0 Å². The van der Waals surface area contributed by atoms with Gasteiger partial charge in [-0.15, -0.1) is 0 Å². The molecule has 1 aromatic heterocycles. The zero-order chi connectivity index (χ0) is 12.1. The van der Waals surface area contributed by atoms with Gasteiger partial charge in [0, 0.05) is 19.8 Å². The van der Waals surface area contributed by atoms with Crippen molar-refractivity contribution in [1.82, 2.24) is 15.1 Å². The van der Waals surface area contributed by atoms with Gasteiger partial charge in [0.2, 0.25) is 0 Å². The first-order valence-corrected chi connectivity index (χ1v) is 5.68. The normalized spacial score (nSPS) is 10.7. The molecule has 1 N–H and O–H groups in total. The van der Waals surface area contributed by atoms with Gasteiger partial charge >= 0.3 is 0 Å². The Labute approximate surface area is 100 Å². The van der Waals surface area contributed by atoms with E-state index < -0.39 is 0 Å². The maximum atomic E-state index is 13.3. The Morgan fingerprint density at radius 1 is 1.29 bits per heavy atom. The van der Waals surface area contributed by atoms with Crippen molar-refractivity contribution in [2.75, 3.05) is 6.54 Å². The van der Waals surface area contributed by atoms with E-state index in [1.165, 1.54) is 6.07 Å². The van der Waals surface area contributed by atoms with E-state index in [1.807, 2.05) is 31.4 Å². The number of rotatable bonds is 5. The molecule has 0 unspecified atom stereocenters. The van der Waals surface area contributed by atoms with E-state index in [0.717, 1.165) is 24.3 Å². The van der Waals surface area contributed by atoms with Gasteiger partial charge in [-0.05, 0) is 30.7 Å². The topological polar surface area (TPSA) is 29.9 Å². The van der Waals surface area contributed by atoms with Crippen LogP contribution in [-0.2, 0) is 20.0 Å². The summed E-state index contributed by atoms with van der Waals surface area (Å²) in [6, 6.07) is 8.85. The number of hydrogen-bond donors (Lipinski definition) is 1. The Hall–Kier alpha value is -1.68. The Kier molecular flexibility index (Phi) is 3.88. The minimum Gasteiger partial charge on any atom is -0.311 e. The first kappa shape index (κ1) is 11.8. The number of hydrogen-bond acceptors (Lipinski definition) is 2. The predicted molar refractivity (Wildman–Crippen MR) is 65.0 cm³/mol.